The number of rotatable bonds is 8. The summed E-state index contributed by atoms with van der Waals surface area (Å²) in [5.74, 6) is 1.23. The third kappa shape index (κ3) is 6.86. The highest BCUT2D eigenvalue weighted by Gasteiger charge is 2.33. The van der Waals surface area contributed by atoms with Gasteiger partial charge in [0, 0.05) is 5.57 Å². The van der Waals surface area contributed by atoms with E-state index >= 15 is 0 Å². The van der Waals surface area contributed by atoms with Gasteiger partial charge in [-0.05, 0) is 68.1 Å². The maximum atomic E-state index is 13.9. The molecule has 0 amide bonds. The van der Waals surface area contributed by atoms with Crippen molar-refractivity contribution in [1.82, 2.24) is 0 Å². The Kier molecular flexibility index (Phi) is 9.42. The summed E-state index contributed by atoms with van der Waals surface area (Å²) in [4.78, 5) is 13.3. The van der Waals surface area contributed by atoms with Crippen molar-refractivity contribution in [2.45, 2.75) is 32.6 Å². The van der Waals surface area contributed by atoms with E-state index in [9.17, 15) is 18.6 Å². The van der Waals surface area contributed by atoms with Crippen LogP contribution in [0.3, 0.4) is 0 Å². The molecular weight excluding hydrogens is 546 g/mol. The van der Waals surface area contributed by atoms with E-state index in [1.807, 2.05) is 44.8 Å². The van der Waals surface area contributed by atoms with Gasteiger partial charge in [-0.2, -0.15) is 8.42 Å². The van der Waals surface area contributed by atoms with Crippen LogP contribution in [-0.2, 0) is 19.6 Å². The lowest BCUT2D eigenvalue weighted by Crippen LogP contribution is -2.44. The summed E-state index contributed by atoms with van der Waals surface area (Å²) in [7, 11) is -4.26. The first kappa shape index (κ1) is 30.1. The number of hydrogen-bond acceptors (Lipinski definition) is 4. The first-order valence-corrected chi connectivity index (χ1v) is 14.8. The van der Waals surface area contributed by atoms with Crippen LogP contribution in [0.1, 0.15) is 34.7 Å². The SMILES string of the molecule is CCOC(=O)C(=C=[N-])/C(=C(\C(=NS(=O)(=O)c1ccc(C)cc1)[n+]1cc(C)cc(C)c1)c1ccccc1)c1ccccc1. The second-order valence-corrected chi connectivity index (χ2v) is 11.3. The number of ether oxygens (including phenoxy) is 1. The minimum atomic E-state index is -4.26. The van der Waals surface area contributed by atoms with Crippen LogP contribution >= 0.6 is 0 Å². The van der Waals surface area contributed by atoms with Crippen molar-refractivity contribution in [3.05, 3.63) is 142 Å². The summed E-state index contributed by atoms with van der Waals surface area (Å²) >= 11 is 0. The average molecular weight is 578 g/mol. The fourth-order valence-corrected chi connectivity index (χ4v) is 5.54. The molecule has 0 spiro atoms. The number of hydrogen-bond donors (Lipinski definition) is 0. The molecule has 4 rings (SSSR count). The van der Waals surface area contributed by atoms with Crippen molar-refractivity contribution in [2.75, 3.05) is 6.61 Å². The zero-order chi connectivity index (χ0) is 30.3. The second-order valence-electron chi connectivity index (χ2n) is 9.69. The van der Waals surface area contributed by atoms with E-state index < -0.39 is 16.0 Å². The fourth-order valence-electron chi connectivity index (χ4n) is 4.55. The average Bonchev–Trinajstić information content (AvgIpc) is 2.97. The molecule has 1 aromatic heterocycles. The number of nitrogens with zero attached hydrogens (tertiary/aromatic N) is 3. The number of sulfonamides is 1. The Morgan fingerprint density at radius 2 is 1.33 bits per heavy atom. The second kappa shape index (κ2) is 13.2. The molecule has 0 bridgehead atoms. The van der Waals surface area contributed by atoms with Gasteiger partial charge in [0.25, 0.3) is 0 Å². The van der Waals surface area contributed by atoms with Gasteiger partial charge in [0.15, 0.2) is 0 Å². The Morgan fingerprint density at radius 3 is 1.83 bits per heavy atom. The Hall–Kier alpha value is -4.91. The first-order chi connectivity index (χ1) is 20.1. The predicted molar refractivity (Wildman–Crippen MR) is 166 cm³/mol. The summed E-state index contributed by atoms with van der Waals surface area (Å²) in [5.41, 5.74) is 3.90. The molecule has 0 radical (unpaired) electrons. The van der Waals surface area contributed by atoms with Gasteiger partial charge in [0.2, 0.25) is 0 Å². The van der Waals surface area contributed by atoms with Crippen molar-refractivity contribution < 1.29 is 22.5 Å². The van der Waals surface area contributed by atoms with Gasteiger partial charge in [-0.1, -0.05) is 78.4 Å². The van der Waals surface area contributed by atoms with E-state index in [2.05, 4.69) is 4.40 Å². The highest BCUT2D eigenvalue weighted by atomic mass is 32.2. The smallest absolute Gasteiger partial charge is 0.370 e. The third-order valence-corrected chi connectivity index (χ3v) is 7.63. The van der Waals surface area contributed by atoms with E-state index in [-0.39, 0.29) is 34.1 Å². The van der Waals surface area contributed by atoms with Gasteiger partial charge in [-0.25, -0.2) is 9.36 Å². The van der Waals surface area contributed by atoms with E-state index in [0.29, 0.717) is 11.1 Å². The molecule has 8 heteroatoms. The van der Waals surface area contributed by atoms with Crippen LogP contribution in [0, 0.1) is 20.8 Å². The lowest BCUT2D eigenvalue weighted by atomic mass is 9.88. The molecule has 4 aromatic rings. The van der Waals surface area contributed by atoms with E-state index in [1.165, 1.54) is 12.1 Å². The van der Waals surface area contributed by atoms with Crippen molar-refractivity contribution >= 4 is 38.8 Å². The molecule has 0 unspecified atom stereocenters. The van der Waals surface area contributed by atoms with Gasteiger partial charge in [0.1, 0.15) is 4.90 Å². The van der Waals surface area contributed by atoms with Crippen LogP contribution in [0.4, 0.5) is 0 Å². The summed E-state index contributed by atoms with van der Waals surface area (Å²) in [6.07, 6.45) is 3.52. The number of carbonyl (C=O) groups is 1. The van der Waals surface area contributed by atoms with Gasteiger partial charge < -0.3 is 10.1 Å². The number of aryl methyl sites for hydroxylation is 3. The lowest BCUT2D eigenvalue weighted by molar-refractivity contribution is -0.553. The molecule has 42 heavy (non-hydrogen) atoms. The summed E-state index contributed by atoms with van der Waals surface area (Å²) in [6, 6.07) is 26.3. The number of allylic oxidation sites excluding steroid dienone is 1. The van der Waals surface area contributed by atoms with Gasteiger partial charge in [-0.15, -0.1) is 0 Å². The van der Waals surface area contributed by atoms with Crippen LogP contribution in [0.2, 0.25) is 0 Å². The maximum absolute atomic E-state index is 13.9. The van der Waals surface area contributed by atoms with Crippen LogP contribution in [-0.4, -0.2) is 32.7 Å². The normalized spacial score (nSPS) is 12.2. The van der Waals surface area contributed by atoms with E-state index in [4.69, 9.17) is 4.74 Å². The Labute approximate surface area is 246 Å². The number of esters is 1. The molecule has 0 aliphatic heterocycles. The minimum absolute atomic E-state index is 0.0131. The Morgan fingerprint density at radius 1 is 0.810 bits per heavy atom. The van der Waals surface area contributed by atoms with Crippen LogP contribution in [0.25, 0.3) is 16.6 Å². The molecule has 0 aliphatic rings. The molecular formula is C34H31N3O4S. The maximum Gasteiger partial charge on any atom is 0.370 e. The Bertz CT molecular complexity index is 1800. The molecule has 0 atom stereocenters. The van der Waals surface area contributed by atoms with Crippen LogP contribution < -0.4 is 4.57 Å². The molecule has 7 nitrogen and oxygen atoms in total. The minimum Gasteiger partial charge on any atom is -0.763 e. The van der Waals surface area contributed by atoms with Gasteiger partial charge in [-0.3, -0.25) is 5.87 Å². The standard InChI is InChI=1S/C34H31N3O4S/c1-5-41-34(38)30(21-35)31(27-12-8-6-9-13-27)32(28-14-10-7-11-15-28)33(37-22-25(3)20-26(4)23-37)36-42(39,40)29-18-16-24(2)17-19-29/h6-20,22-23H,5H2,1-4H3/b32-31-,36-33?. The highest BCUT2D eigenvalue weighted by Crippen LogP contribution is 2.33. The highest BCUT2D eigenvalue weighted by molar-refractivity contribution is 7.90. The van der Waals surface area contributed by atoms with E-state index in [0.717, 1.165) is 16.7 Å². The van der Waals surface area contributed by atoms with Crippen molar-refractivity contribution in [2.24, 2.45) is 4.40 Å². The fraction of sp³-hybridized carbons (Fsp3) is 0.147. The van der Waals surface area contributed by atoms with Crippen LogP contribution in [0.5, 0.6) is 0 Å². The summed E-state index contributed by atoms with van der Waals surface area (Å²) < 4.78 is 39.1. The summed E-state index contributed by atoms with van der Waals surface area (Å²) in [6.45, 7) is 7.37. The first-order valence-electron chi connectivity index (χ1n) is 13.4. The number of aromatic nitrogens is 1. The predicted octanol–water partition coefficient (Wildman–Crippen LogP) is 5.87. The molecule has 1 heterocycles. The number of benzene rings is 3. The zero-order valence-corrected chi connectivity index (χ0v) is 24.7. The molecule has 0 fully saturated rings. The Balaban J connectivity index is 2.23. The largest absolute Gasteiger partial charge is 0.763 e. The topological polar surface area (TPSA) is 99.0 Å². The van der Waals surface area contributed by atoms with Crippen molar-refractivity contribution in [3.63, 3.8) is 0 Å². The van der Waals surface area contributed by atoms with Crippen LogP contribution in [0.15, 0.2) is 118 Å². The molecule has 0 N–H and O–H groups in total. The molecule has 0 aliphatic carbocycles. The third-order valence-electron chi connectivity index (χ3n) is 6.35. The van der Waals surface area contributed by atoms with Gasteiger partial charge in [0.05, 0.1) is 34.5 Å². The quantitative estimate of drug-likeness (QED) is 0.0497. The van der Waals surface area contributed by atoms with Crippen molar-refractivity contribution in [3.8, 4) is 0 Å². The van der Waals surface area contributed by atoms with Gasteiger partial charge >= 0.3 is 21.8 Å². The lowest BCUT2D eigenvalue weighted by Gasteiger charge is -2.17. The number of carbonyl (C=O) groups excluding carboxylic acids is 1. The molecule has 0 saturated heterocycles. The summed E-state index contributed by atoms with van der Waals surface area (Å²) in [5, 5.41) is 10.3. The molecule has 212 valence electrons. The monoisotopic (exact) mass is 577 g/mol. The zero-order valence-electron chi connectivity index (χ0n) is 23.9. The van der Waals surface area contributed by atoms with E-state index in [1.54, 1.807) is 84.5 Å². The number of pyridine rings is 1. The molecule has 3 aromatic carbocycles. The molecule has 0 saturated carbocycles. The van der Waals surface area contributed by atoms with Crippen molar-refractivity contribution in [1.29, 1.82) is 0 Å².